The van der Waals surface area contributed by atoms with Gasteiger partial charge in [-0.2, -0.15) is 0 Å². The molecule has 0 atom stereocenters. The van der Waals surface area contributed by atoms with Crippen LogP contribution in [0, 0.1) is 0 Å². The number of rotatable bonds is 5. The molecule has 1 N–H and O–H groups in total. The summed E-state index contributed by atoms with van der Waals surface area (Å²) in [6.07, 6.45) is 4.58. The van der Waals surface area contributed by atoms with Crippen molar-refractivity contribution in [1.29, 1.82) is 0 Å². The molecule has 0 aliphatic heterocycles. The predicted octanol–water partition coefficient (Wildman–Crippen LogP) is 3.83. The Morgan fingerprint density at radius 3 is 3.05 bits per heavy atom. The van der Waals surface area contributed by atoms with Crippen molar-refractivity contribution in [3.63, 3.8) is 0 Å². The molecule has 1 aliphatic rings. The Morgan fingerprint density at radius 2 is 2.32 bits per heavy atom. The van der Waals surface area contributed by atoms with E-state index in [0.717, 1.165) is 33.4 Å². The zero-order valence-corrected chi connectivity index (χ0v) is 13.1. The number of ether oxygens (including phenoxy) is 1. The zero-order valence-electron chi connectivity index (χ0n) is 10.6. The maximum absolute atomic E-state index is 5.40. The van der Waals surface area contributed by atoms with Crippen LogP contribution in [0.5, 0.6) is 5.75 Å². The Balaban J connectivity index is 1.82. The van der Waals surface area contributed by atoms with E-state index in [4.69, 9.17) is 4.74 Å². The lowest BCUT2D eigenvalue weighted by molar-refractivity contribution is 0.416. The van der Waals surface area contributed by atoms with E-state index in [0.29, 0.717) is 0 Å². The van der Waals surface area contributed by atoms with Crippen molar-refractivity contribution in [3.05, 3.63) is 33.7 Å². The van der Waals surface area contributed by atoms with Gasteiger partial charge in [0.1, 0.15) is 10.8 Å². The maximum Gasteiger partial charge on any atom is 0.129 e. The molecule has 0 bridgehead atoms. The molecule has 3 nitrogen and oxygen atoms in total. The zero-order chi connectivity index (χ0) is 13.2. The Kier molecular flexibility index (Phi) is 3.86. The van der Waals surface area contributed by atoms with Crippen LogP contribution in [0.1, 0.15) is 17.7 Å². The number of aromatic nitrogens is 1. The molecule has 1 fully saturated rings. The van der Waals surface area contributed by atoms with E-state index >= 15 is 0 Å². The average Bonchev–Trinajstić information content (AvgIpc) is 3.13. The number of hydrogen-bond donors (Lipinski definition) is 1. The second kappa shape index (κ2) is 5.61. The molecule has 0 radical (unpaired) electrons. The summed E-state index contributed by atoms with van der Waals surface area (Å²) >= 11 is 5.22. The summed E-state index contributed by atoms with van der Waals surface area (Å²) in [6, 6.07) is 6.72. The topological polar surface area (TPSA) is 34.1 Å². The molecule has 3 rings (SSSR count). The van der Waals surface area contributed by atoms with E-state index in [9.17, 15) is 0 Å². The first-order chi connectivity index (χ1) is 9.26. The van der Waals surface area contributed by atoms with Gasteiger partial charge < -0.3 is 10.1 Å². The highest BCUT2D eigenvalue weighted by molar-refractivity contribution is 9.10. The highest BCUT2D eigenvalue weighted by Gasteiger charge is 2.20. The summed E-state index contributed by atoms with van der Waals surface area (Å²) in [4.78, 5) is 5.78. The monoisotopic (exact) mass is 338 g/mol. The van der Waals surface area contributed by atoms with Crippen molar-refractivity contribution >= 4 is 27.3 Å². The normalized spacial score (nSPS) is 14.6. The Morgan fingerprint density at radius 1 is 1.47 bits per heavy atom. The van der Waals surface area contributed by atoms with Gasteiger partial charge in [0.2, 0.25) is 0 Å². The van der Waals surface area contributed by atoms with Crippen LogP contribution in [0.25, 0.3) is 10.6 Å². The molecule has 1 saturated carbocycles. The van der Waals surface area contributed by atoms with E-state index in [-0.39, 0.29) is 0 Å². The second-order valence-electron chi connectivity index (χ2n) is 4.63. The number of methoxy groups -OCH3 is 1. The van der Waals surface area contributed by atoms with Crippen LogP contribution in [-0.2, 0) is 6.54 Å². The number of halogens is 1. The van der Waals surface area contributed by atoms with Crippen LogP contribution in [0.15, 0.2) is 28.9 Å². The predicted molar refractivity (Wildman–Crippen MR) is 81.7 cm³/mol. The summed E-state index contributed by atoms with van der Waals surface area (Å²) in [7, 11) is 1.69. The molecule has 0 spiro atoms. The van der Waals surface area contributed by atoms with Crippen molar-refractivity contribution in [2.24, 2.45) is 0 Å². The highest BCUT2D eigenvalue weighted by Crippen LogP contribution is 2.35. The largest absolute Gasteiger partial charge is 0.496 e. The van der Waals surface area contributed by atoms with Crippen LogP contribution in [0.3, 0.4) is 0 Å². The molecule has 1 heterocycles. The quantitative estimate of drug-likeness (QED) is 0.899. The number of nitrogens with one attached hydrogen (secondary N) is 1. The molecule has 1 aromatic heterocycles. The Labute approximate surface area is 125 Å². The lowest BCUT2D eigenvalue weighted by atomic mass is 10.2. The highest BCUT2D eigenvalue weighted by atomic mass is 79.9. The fourth-order valence-electron chi connectivity index (χ4n) is 1.89. The molecule has 1 aliphatic carbocycles. The molecular weight excluding hydrogens is 324 g/mol. The molecule has 5 heteroatoms. The first kappa shape index (κ1) is 13.1. The van der Waals surface area contributed by atoms with Gasteiger partial charge in [0, 0.05) is 28.1 Å². The van der Waals surface area contributed by atoms with Gasteiger partial charge >= 0.3 is 0 Å². The van der Waals surface area contributed by atoms with Crippen molar-refractivity contribution in [2.45, 2.75) is 25.4 Å². The fraction of sp³-hybridized carbons (Fsp3) is 0.357. The summed E-state index contributed by atoms with van der Waals surface area (Å²) in [6.45, 7) is 0.915. The maximum atomic E-state index is 5.40. The molecule has 100 valence electrons. The lowest BCUT2D eigenvalue weighted by Crippen LogP contribution is -2.14. The van der Waals surface area contributed by atoms with Gasteiger partial charge in [-0.3, -0.25) is 0 Å². The van der Waals surface area contributed by atoms with E-state index in [1.54, 1.807) is 18.4 Å². The number of benzene rings is 1. The van der Waals surface area contributed by atoms with Gasteiger partial charge in [-0.05, 0) is 31.0 Å². The molecular formula is C14H15BrN2OS. The first-order valence-electron chi connectivity index (χ1n) is 6.28. The summed E-state index contributed by atoms with van der Waals surface area (Å²) in [5.74, 6) is 0.860. The van der Waals surface area contributed by atoms with Crippen LogP contribution in [-0.4, -0.2) is 18.1 Å². The molecule has 1 aromatic carbocycles. The molecule has 0 amide bonds. The van der Waals surface area contributed by atoms with Crippen molar-refractivity contribution < 1.29 is 4.74 Å². The summed E-state index contributed by atoms with van der Waals surface area (Å²) in [5, 5.41) is 4.51. The standard InChI is InChI=1S/C14H15BrN2OS/c1-18-13-5-2-9(15)6-12(13)14-17-8-11(19-14)7-16-10-3-4-10/h2,5-6,8,10,16H,3-4,7H2,1H3. The third-order valence-electron chi connectivity index (χ3n) is 3.09. The van der Waals surface area contributed by atoms with Crippen LogP contribution >= 0.6 is 27.3 Å². The molecule has 19 heavy (non-hydrogen) atoms. The third kappa shape index (κ3) is 3.16. The van der Waals surface area contributed by atoms with E-state index in [1.807, 2.05) is 18.3 Å². The minimum absolute atomic E-state index is 0.728. The lowest BCUT2D eigenvalue weighted by Gasteiger charge is -2.06. The Hall–Kier alpha value is -0.910. The number of thiazole rings is 1. The van der Waals surface area contributed by atoms with Crippen molar-refractivity contribution in [3.8, 4) is 16.3 Å². The van der Waals surface area contributed by atoms with E-state index < -0.39 is 0 Å². The van der Waals surface area contributed by atoms with Crippen LogP contribution in [0.2, 0.25) is 0 Å². The van der Waals surface area contributed by atoms with E-state index in [1.165, 1.54) is 17.7 Å². The minimum Gasteiger partial charge on any atom is -0.496 e. The molecule has 2 aromatic rings. The van der Waals surface area contributed by atoms with Crippen molar-refractivity contribution in [2.75, 3.05) is 7.11 Å². The van der Waals surface area contributed by atoms with Crippen molar-refractivity contribution in [1.82, 2.24) is 10.3 Å². The number of hydrogen-bond acceptors (Lipinski definition) is 4. The van der Waals surface area contributed by atoms with Gasteiger partial charge in [0.25, 0.3) is 0 Å². The SMILES string of the molecule is COc1ccc(Br)cc1-c1ncc(CNC2CC2)s1. The van der Waals surface area contributed by atoms with Crippen LogP contribution in [0.4, 0.5) is 0 Å². The van der Waals surface area contributed by atoms with Gasteiger partial charge in [-0.15, -0.1) is 11.3 Å². The van der Waals surface area contributed by atoms with Gasteiger partial charge in [0.05, 0.1) is 12.7 Å². The van der Waals surface area contributed by atoms with Gasteiger partial charge in [-0.1, -0.05) is 15.9 Å². The van der Waals surface area contributed by atoms with E-state index in [2.05, 4.69) is 32.3 Å². The molecule has 0 saturated heterocycles. The fourth-order valence-corrected chi connectivity index (χ4v) is 3.14. The number of nitrogens with zero attached hydrogens (tertiary/aromatic N) is 1. The first-order valence-corrected chi connectivity index (χ1v) is 7.89. The van der Waals surface area contributed by atoms with Gasteiger partial charge in [-0.25, -0.2) is 4.98 Å². The minimum atomic E-state index is 0.728. The molecule has 0 unspecified atom stereocenters. The second-order valence-corrected chi connectivity index (χ2v) is 6.66. The average molecular weight is 339 g/mol. The summed E-state index contributed by atoms with van der Waals surface area (Å²) < 4.78 is 6.44. The van der Waals surface area contributed by atoms with Crippen LogP contribution < -0.4 is 10.1 Å². The summed E-state index contributed by atoms with van der Waals surface area (Å²) in [5.41, 5.74) is 1.04. The van der Waals surface area contributed by atoms with Gasteiger partial charge in [0.15, 0.2) is 0 Å². The smallest absolute Gasteiger partial charge is 0.129 e. The third-order valence-corrected chi connectivity index (χ3v) is 4.61. The Bertz CT molecular complexity index is 581.